The number of carbonyl (C=O) groups excluding carboxylic acids is 2. The minimum atomic E-state index is -0.334. The minimum absolute atomic E-state index is 0.0598. The van der Waals surface area contributed by atoms with Crippen LogP contribution in [0.2, 0.25) is 0 Å². The van der Waals surface area contributed by atoms with Crippen LogP contribution in [-0.2, 0) is 9.59 Å². The zero-order valence-electron chi connectivity index (χ0n) is 19.0. The van der Waals surface area contributed by atoms with E-state index >= 15 is 0 Å². The zero-order chi connectivity index (χ0) is 23.6. The van der Waals surface area contributed by atoms with Crippen molar-refractivity contribution in [3.63, 3.8) is 0 Å². The molecule has 2 aliphatic carbocycles. The molecule has 1 saturated carbocycles. The van der Waals surface area contributed by atoms with Crippen molar-refractivity contribution in [3.05, 3.63) is 116 Å². The Kier molecular flexibility index (Phi) is 5.10. The summed E-state index contributed by atoms with van der Waals surface area (Å²) >= 11 is 2.20. The van der Waals surface area contributed by atoms with Crippen molar-refractivity contribution >= 4 is 45.7 Å². The van der Waals surface area contributed by atoms with Gasteiger partial charge in [-0.15, -0.1) is 0 Å². The minimum Gasteiger partial charge on any atom is -0.274 e. The van der Waals surface area contributed by atoms with Crippen molar-refractivity contribution < 1.29 is 9.59 Å². The summed E-state index contributed by atoms with van der Waals surface area (Å²) in [6.45, 7) is 4.18. The Labute approximate surface area is 213 Å². The van der Waals surface area contributed by atoms with Gasteiger partial charge in [-0.3, -0.25) is 9.59 Å². The van der Waals surface area contributed by atoms with Gasteiger partial charge in [0.1, 0.15) is 0 Å². The van der Waals surface area contributed by atoms with E-state index in [0.717, 1.165) is 20.3 Å². The quantitative estimate of drug-likeness (QED) is 0.215. The highest BCUT2D eigenvalue weighted by Crippen LogP contribution is 2.59. The molecule has 2 bridgehead atoms. The van der Waals surface area contributed by atoms with Crippen LogP contribution >= 0.6 is 22.6 Å². The van der Waals surface area contributed by atoms with Crippen molar-refractivity contribution in [1.29, 1.82) is 0 Å². The van der Waals surface area contributed by atoms with Crippen molar-refractivity contribution in [2.24, 2.45) is 23.7 Å². The van der Waals surface area contributed by atoms with Gasteiger partial charge in [0.25, 0.3) is 0 Å². The van der Waals surface area contributed by atoms with Crippen molar-refractivity contribution in [1.82, 2.24) is 0 Å². The second-order valence-corrected chi connectivity index (χ2v) is 10.7. The first kappa shape index (κ1) is 21.5. The number of rotatable bonds is 3. The SMILES string of the molecule is Cc1ccc(C(=C2[C@H]3C=C[C@H]2[C@H]2C(=O)N(c4ccccc4I)C(=O)[C@H]23)c2ccc(C)cc2)cc1. The Morgan fingerprint density at radius 2 is 1.18 bits per heavy atom. The van der Waals surface area contributed by atoms with Crippen LogP contribution in [0.3, 0.4) is 0 Å². The second kappa shape index (κ2) is 8.05. The normalized spacial score (nSPS) is 24.8. The summed E-state index contributed by atoms with van der Waals surface area (Å²) in [4.78, 5) is 28.9. The number of allylic oxidation sites excluding steroid dienone is 3. The highest BCUT2D eigenvalue weighted by Gasteiger charge is 2.62. The number of hydrogen-bond donors (Lipinski definition) is 0. The number of para-hydroxylation sites is 1. The average molecular weight is 557 g/mol. The van der Waals surface area contributed by atoms with E-state index in [9.17, 15) is 9.59 Å². The van der Waals surface area contributed by atoms with E-state index < -0.39 is 0 Å². The third-order valence-corrected chi connectivity index (χ3v) is 8.39. The summed E-state index contributed by atoms with van der Waals surface area (Å²) in [5.41, 5.74) is 7.77. The highest BCUT2D eigenvalue weighted by atomic mass is 127. The Morgan fingerprint density at radius 1 is 0.706 bits per heavy atom. The Hall–Kier alpha value is -2.99. The van der Waals surface area contributed by atoms with Crippen LogP contribution in [-0.4, -0.2) is 11.8 Å². The van der Waals surface area contributed by atoms with E-state index in [4.69, 9.17) is 0 Å². The smallest absolute Gasteiger partial charge is 0.238 e. The molecule has 1 aliphatic heterocycles. The molecule has 0 unspecified atom stereocenters. The van der Waals surface area contributed by atoms with Gasteiger partial charge < -0.3 is 0 Å². The Bertz CT molecular complexity index is 1300. The average Bonchev–Trinajstić information content (AvgIpc) is 3.46. The van der Waals surface area contributed by atoms with Gasteiger partial charge >= 0.3 is 0 Å². The lowest BCUT2D eigenvalue weighted by Crippen LogP contribution is -2.33. The Morgan fingerprint density at radius 3 is 1.65 bits per heavy atom. The molecular formula is C30H24INO2. The van der Waals surface area contributed by atoms with Crippen LogP contribution < -0.4 is 4.90 Å². The molecule has 3 aromatic rings. The number of anilines is 1. The summed E-state index contributed by atoms with van der Waals surface area (Å²) in [5.74, 6) is -0.925. The van der Waals surface area contributed by atoms with Crippen LogP contribution in [0.25, 0.3) is 5.57 Å². The molecule has 4 heteroatoms. The fourth-order valence-electron chi connectivity index (χ4n) is 5.91. The fraction of sp³-hybridized carbons (Fsp3) is 0.200. The molecule has 0 N–H and O–H groups in total. The number of aryl methyl sites for hydroxylation is 2. The number of carbonyl (C=O) groups is 2. The van der Waals surface area contributed by atoms with Gasteiger partial charge in [-0.25, -0.2) is 4.90 Å². The summed E-state index contributed by atoms with van der Waals surface area (Å²) in [6.07, 6.45) is 4.32. The van der Waals surface area contributed by atoms with Crippen molar-refractivity contribution in [2.45, 2.75) is 13.8 Å². The monoisotopic (exact) mass is 557 g/mol. The number of imide groups is 1. The molecule has 0 aromatic heterocycles. The van der Waals surface area contributed by atoms with E-state index in [-0.39, 0.29) is 35.5 Å². The molecule has 6 rings (SSSR count). The molecule has 3 nitrogen and oxygen atoms in total. The third-order valence-electron chi connectivity index (χ3n) is 7.48. The molecule has 1 saturated heterocycles. The van der Waals surface area contributed by atoms with Gasteiger partial charge in [-0.05, 0) is 70.8 Å². The predicted octanol–water partition coefficient (Wildman–Crippen LogP) is 6.33. The molecule has 0 spiro atoms. The van der Waals surface area contributed by atoms with Crippen LogP contribution in [0.4, 0.5) is 5.69 Å². The summed E-state index contributed by atoms with van der Waals surface area (Å²) in [7, 11) is 0. The summed E-state index contributed by atoms with van der Waals surface area (Å²) < 4.78 is 0.915. The van der Waals surface area contributed by atoms with Crippen LogP contribution in [0, 0.1) is 41.1 Å². The maximum Gasteiger partial charge on any atom is 0.238 e. The van der Waals surface area contributed by atoms with E-state index in [1.54, 1.807) is 0 Å². The van der Waals surface area contributed by atoms with E-state index in [1.807, 2.05) is 24.3 Å². The van der Waals surface area contributed by atoms with Gasteiger partial charge in [-0.2, -0.15) is 0 Å². The maximum absolute atomic E-state index is 13.7. The largest absolute Gasteiger partial charge is 0.274 e. The molecule has 4 atom stereocenters. The van der Waals surface area contributed by atoms with Gasteiger partial charge in [-0.1, -0.05) is 83.9 Å². The highest BCUT2D eigenvalue weighted by molar-refractivity contribution is 14.1. The van der Waals surface area contributed by atoms with E-state index in [0.29, 0.717) is 5.69 Å². The number of benzene rings is 3. The van der Waals surface area contributed by atoms with Crippen molar-refractivity contribution in [3.8, 4) is 0 Å². The molecule has 3 aromatic carbocycles. The van der Waals surface area contributed by atoms with Crippen LogP contribution in [0.1, 0.15) is 22.3 Å². The molecule has 168 valence electrons. The molecule has 1 heterocycles. The van der Waals surface area contributed by atoms with E-state index in [2.05, 4.69) is 97.1 Å². The molecule has 2 fully saturated rings. The summed E-state index contributed by atoms with van der Waals surface area (Å²) in [6, 6.07) is 24.8. The lowest BCUT2D eigenvalue weighted by Gasteiger charge is -2.22. The molecular weight excluding hydrogens is 533 g/mol. The number of halogens is 1. The molecule has 0 radical (unpaired) electrons. The van der Waals surface area contributed by atoms with Crippen molar-refractivity contribution in [2.75, 3.05) is 4.90 Å². The van der Waals surface area contributed by atoms with Gasteiger partial charge in [0.2, 0.25) is 11.8 Å². The topological polar surface area (TPSA) is 37.4 Å². The zero-order valence-corrected chi connectivity index (χ0v) is 21.2. The number of nitrogens with zero attached hydrogens (tertiary/aromatic N) is 1. The maximum atomic E-state index is 13.7. The van der Waals surface area contributed by atoms with E-state index in [1.165, 1.54) is 21.6 Å². The Balaban J connectivity index is 1.50. The first-order chi connectivity index (χ1) is 16.5. The number of fused-ring (bicyclic) bond motifs is 5. The lowest BCUT2D eigenvalue weighted by molar-refractivity contribution is -0.122. The van der Waals surface area contributed by atoms with Gasteiger partial charge in [0.15, 0.2) is 0 Å². The van der Waals surface area contributed by atoms with Crippen LogP contribution in [0.5, 0.6) is 0 Å². The molecule has 34 heavy (non-hydrogen) atoms. The van der Waals surface area contributed by atoms with Crippen LogP contribution in [0.15, 0.2) is 90.5 Å². The lowest BCUT2D eigenvalue weighted by atomic mass is 9.85. The number of amides is 2. The van der Waals surface area contributed by atoms with Gasteiger partial charge in [0.05, 0.1) is 17.5 Å². The van der Waals surface area contributed by atoms with Gasteiger partial charge in [0, 0.05) is 15.4 Å². The predicted molar refractivity (Wildman–Crippen MR) is 143 cm³/mol. The standard InChI is InChI=1S/C30H24INO2/c1-17-7-11-19(12-8-17)25(20-13-9-18(2)10-14-20)26-21-15-16-22(26)28-27(21)29(33)32(30(28)34)24-6-4-3-5-23(24)31/h3-16,21-22,27-28H,1-2H3/t21-,22-,27-,28+/m1/s1. The summed E-state index contributed by atoms with van der Waals surface area (Å²) in [5, 5.41) is 0. The number of hydrogen-bond acceptors (Lipinski definition) is 2. The fourth-order valence-corrected chi connectivity index (χ4v) is 6.54. The molecule has 2 amide bonds. The molecule has 3 aliphatic rings. The first-order valence-corrected chi connectivity index (χ1v) is 12.7. The second-order valence-electron chi connectivity index (χ2n) is 9.51. The first-order valence-electron chi connectivity index (χ1n) is 11.6. The third kappa shape index (κ3) is 3.15.